The summed E-state index contributed by atoms with van der Waals surface area (Å²) in [6.45, 7) is 2.00. The van der Waals surface area contributed by atoms with E-state index in [1.807, 2.05) is 31.2 Å². The zero-order valence-electron chi connectivity index (χ0n) is 15.3. The van der Waals surface area contributed by atoms with Gasteiger partial charge in [0.1, 0.15) is 0 Å². The summed E-state index contributed by atoms with van der Waals surface area (Å²) < 4.78 is 10.7. The van der Waals surface area contributed by atoms with Crippen LogP contribution in [-0.2, 0) is 12.8 Å². The Morgan fingerprint density at radius 2 is 1.77 bits per heavy atom. The molecule has 5 nitrogen and oxygen atoms in total. The van der Waals surface area contributed by atoms with Crippen molar-refractivity contribution in [2.75, 3.05) is 20.0 Å². The molecule has 3 rings (SSSR count). The first-order valence-electron chi connectivity index (χ1n) is 8.49. The number of nitrogens with two attached hydrogens (primary N) is 1. The number of ether oxygens (including phenoxy) is 2. The van der Waals surface area contributed by atoms with Crippen molar-refractivity contribution in [3.05, 3.63) is 65.7 Å². The lowest BCUT2D eigenvalue weighted by molar-refractivity contribution is 0.354. The van der Waals surface area contributed by atoms with Crippen LogP contribution in [0.1, 0.15) is 17.0 Å². The van der Waals surface area contributed by atoms with E-state index < -0.39 is 0 Å². The second kappa shape index (κ2) is 7.87. The monoisotopic (exact) mass is 349 g/mol. The summed E-state index contributed by atoms with van der Waals surface area (Å²) in [6, 6.07) is 12.1. The van der Waals surface area contributed by atoms with E-state index in [9.17, 15) is 0 Å². The van der Waals surface area contributed by atoms with Gasteiger partial charge >= 0.3 is 0 Å². The van der Waals surface area contributed by atoms with Crippen LogP contribution in [0.5, 0.6) is 11.5 Å². The molecule has 0 atom stereocenters. The molecular weight excluding hydrogens is 326 g/mol. The molecule has 0 aliphatic heterocycles. The van der Waals surface area contributed by atoms with E-state index in [4.69, 9.17) is 15.2 Å². The van der Waals surface area contributed by atoms with Crippen LogP contribution in [0.4, 0.5) is 5.69 Å². The Kier molecular flexibility index (Phi) is 5.37. The quantitative estimate of drug-likeness (QED) is 0.732. The summed E-state index contributed by atoms with van der Waals surface area (Å²) >= 11 is 0. The van der Waals surface area contributed by atoms with Crippen LogP contribution in [0.3, 0.4) is 0 Å². The van der Waals surface area contributed by atoms with Gasteiger partial charge in [0.25, 0.3) is 0 Å². The van der Waals surface area contributed by atoms with Crippen LogP contribution in [0.2, 0.25) is 0 Å². The number of anilines is 1. The topological polar surface area (TPSA) is 70.3 Å². The Labute approximate surface area is 153 Å². The van der Waals surface area contributed by atoms with Crippen molar-refractivity contribution >= 4 is 5.69 Å². The summed E-state index contributed by atoms with van der Waals surface area (Å²) in [5, 5.41) is 0. The van der Waals surface area contributed by atoms with Gasteiger partial charge in [0.2, 0.25) is 0 Å². The number of hydrogen-bond acceptors (Lipinski definition) is 5. The number of aryl methyl sites for hydroxylation is 3. The van der Waals surface area contributed by atoms with Gasteiger partial charge in [-0.1, -0.05) is 6.07 Å². The largest absolute Gasteiger partial charge is 0.493 e. The van der Waals surface area contributed by atoms with Crippen molar-refractivity contribution in [3.63, 3.8) is 0 Å². The maximum absolute atomic E-state index is 6.07. The molecule has 0 unspecified atom stereocenters. The predicted octanol–water partition coefficient (Wildman–Crippen LogP) is 3.84. The van der Waals surface area contributed by atoms with Crippen molar-refractivity contribution in [1.82, 2.24) is 9.97 Å². The smallest absolute Gasteiger partial charge is 0.160 e. The Morgan fingerprint density at radius 1 is 0.962 bits per heavy atom. The van der Waals surface area contributed by atoms with Crippen LogP contribution in [-0.4, -0.2) is 24.2 Å². The summed E-state index contributed by atoms with van der Waals surface area (Å²) in [6.07, 6.45) is 5.12. The molecular formula is C21H23N3O2. The zero-order chi connectivity index (χ0) is 18.5. The van der Waals surface area contributed by atoms with Crippen molar-refractivity contribution in [2.24, 2.45) is 0 Å². The second-order valence-corrected chi connectivity index (χ2v) is 6.14. The number of methoxy groups -OCH3 is 2. The third-order valence-electron chi connectivity index (χ3n) is 4.29. The number of rotatable bonds is 6. The minimum atomic E-state index is 0.670. The fourth-order valence-corrected chi connectivity index (χ4v) is 3.00. The van der Waals surface area contributed by atoms with Crippen LogP contribution < -0.4 is 15.2 Å². The third-order valence-corrected chi connectivity index (χ3v) is 4.29. The molecule has 0 saturated carbocycles. The van der Waals surface area contributed by atoms with E-state index in [0.29, 0.717) is 5.69 Å². The van der Waals surface area contributed by atoms with Crippen LogP contribution in [0.25, 0.3) is 11.1 Å². The van der Waals surface area contributed by atoms with E-state index in [0.717, 1.165) is 46.9 Å². The molecule has 2 aromatic heterocycles. The van der Waals surface area contributed by atoms with E-state index in [-0.39, 0.29) is 0 Å². The summed E-state index contributed by atoms with van der Waals surface area (Å²) in [5.74, 6) is 1.48. The number of pyridine rings is 2. The van der Waals surface area contributed by atoms with E-state index in [1.165, 1.54) is 5.56 Å². The Balaban J connectivity index is 1.82. The van der Waals surface area contributed by atoms with Crippen molar-refractivity contribution < 1.29 is 9.47 Å². The molecule has 0 amide bonds. The highest BCUT2D eigenvalue weighted by molar-refractivity contribution is 5.75. The Hall–Kier alpha value is -3.08. The van der Waals surface area contributed by atoms with Gasteiger partial charge in [0, 0.05) is 23.1 Å². The summed E-state index contributed by atoms with van der Waals surface area (Å²) in [5.41, 5.74) is 12.0. The fraction of sp³-hybridized carbons (Fsp3) is 0.238. The molecule has 5 heteroatoms. The SMILES string of the molecule is COc1ccc(CCc2cc(-c3ccncc3N)cc(C)n2)cc1OC. The molecule has 2 heterocycles. The molecule has 0 aliphatic rings. The van der Waals surface area contributed by atoms with Gasteiger partial charge in [-0.15, -0.1) is 0 Å². The van der Waals surface area contributed by atoms with Gasteiger partial charge in [0.05, 0.1) is 26.1 Å². The molecule has 2 N–H and O–H groups in total. The van der Waals surface area contributed by atoms with E-state index in [2.05, 4.69) is 22.1 Å². The number of aromatic nitrogens is 2. The fourth-order valence-electron chi connectivity index (χ4n) is 3.00. The summed E-state index contributed by atoms with van der Waals surface area (Å²) in [7, 11) is 3.29. The lowest BCUT2D eigenvalue weighted by Crippen LogP contribution is -1.99. The number of hydrogen-bond donors (Lipinski definition) is 1. The number of nitrogens with zero attached hydrogens (tertiary/aromatic N) is 2. The van der Waals surface area contributed by atoms with Crippen LogP contribution in [0, 0.1) is 6.92 Å². The average Bonchev–Trinajstić information content (AvgIpc) is 2.66. The van der Waals surface area contributed by atoms with Gasteiger partial charge in [-0.3, -0.25) is 9.97 Å². The van der Waals surface area contributed by atoms with E-state index in [1.54, 1.807) is 26.6 Å². The van der Waals surface area contributed by atoms with Gasteiger partial charge in [0.15, 0.2) is 11.5 Å². The number of benzene rings is 1. The van der Waals surface area contributed by atoms with Crippen LogP contribution in [0.15, 0.2) is 48.8 Å². The highest BCUT2D eigenvalue weighted by Crippen LogP contribution is 2.29. The molecule has 0 spiro atoms. The highest BCUT2D eigenvalue weighted by Gasteiger charge is 2.08. The van der Waals surface area contributed by atoms with Gasteiger partial charge in [-0.25, -0.2) is 0 Å². The molecule has 0 saturated heterocycles. The standard InChI is InChI=1S/C21H23N3O2/c1-14-10-16(18-8-9-23-13-19(18)22)12-17(24-14)6-4-15-5-7-20(25-2)21(11-15)26-3/h5,7-13H,4,6,22H2,1-3H3. The Bertz CT molecular complexity index is 910. The first-order valence-corrected chi connectivity index (χ1v) is 8.49. The summed E-state index contributed by atoms with van der Waals surface area (Å²) in [4.78, 5) is 8.73. The van der Waals surface area contributed by atoms with Crippen molar-refractivity contribution in [1.29, 1.82) is 0 Å². The van der Waals surface area contributed by atoms with Crippen molar-refractivity contribution in [2.45, 2.75) is 19.8 Å². The lowest BCUT2D eigenvalue weighted by Gasteiger charge is -2.11. The highest BCUT2D eigenvalue weighted by atomic mass is 16.5. The Morgan fingerprint density at radius 3 is 2.50 bits per heavy atom. The minimum Gasteiger partial charge on any atom is -0.493 e. The maximum atomic E-state index is 6.07. The van der Waals surface area contributed by atoms with Gasteiger partial charge in [-0.2, -0.15) is 0 Å². The second-order valence-electron chi connectivity index (χ2n) is 6.14. The van der Waals surface area contributed by atoms with E-state index >= 15 is 0 Å². The zero-order valence-corrected chi connectivity index (χ0v) is 15.3. The molecule has 0 aliphatic carbocycles. The lowest BCUT2D eigenvalue weighted by atomic mass is 10.0. The van der Waals surface area contributed by atoms with Crippen molar-refractivity contribution in [3.8, 4) is 22.6 Å². The van der Waals surface area contributed by atoms with Gasteiger partial charge in [-0.05, 0) is 61.2 Å². The molecule has 134 valence electrons. The van der Waals surface area contributed by atoms with Crippen LogP contribution >= 0.6 is 0 Å². The molecule has 1 aromatic carbocycles. The molecule has 0 radical (unpaired) electrons. The molecule has 0 bridgehead atoms. The molecule has 0 fully saturated rings. The first kappa shape index (κ1) is 17.7. The normalized spacial score (nSPS) is 10.6. The molecule has 3 aromatic rings. The minimum absolute atomic E-state index is 0.670. The molecule has 26 heavy (non-hydrogen) atoms. The first-order chi connectivity index (χ1) is 12.6. The van der Waals surface area contributed by atoms with Gasteiger partial charge < -0.3 is 15.2 Å². The maximum Gasteiger partial charge on any atom is 0.160 e. The average molecular weight is 349 g/mol. The number of nitrogen functional groups attached to an aromatic ring is 1. The predicted molar refractivity (Wildman–Crippen MR) is 104 cm³/mol. The third kappa shape index (κ3) is 3.94.